The molecule has 2 unspecified atom stereocenters. The molecule has 0 bridgehead atoms. The van der Waals surface area contributed by atoms with E-state index in [2.05, 4.69) is 28.8 Å². The van der Waals surface area contributed by atoms with E-state index in [0.717, 1.165) is 19.6 Å². The summed E-state index contributed by atoms with van der Waals surface area (Å²) in [5.41, 5.74) is 0. The number of nitrogens with one attached hydrogen (secondary N) is 1. The molecule has 1 aliphatic heterocycles. The van der Waals surface area contributed by atoms with Gasteiger partial charge >= 0.3 is 5.97 Å². The fourth-order valence-corrected chi connectivity index (χ4v) is 1.97. The van der Waals surface area contributed by atoms with Crippen LogP contribution in [0.15, 0.2) is 0 Å². The van der Waals surface area contributed by atoms with E-state index in [1.807, 2.05) is 0 Å². The van der Waals surface area contributed by atoms with Gasteiger partial charge in [0.25, 0.3) is 0 Å². The number of ether oxygens (including phenoxy) is 1. The fourth-order valence-electron chi connectivity index (χ4n) is 1.97. The number of halogens is 1. The van der Waals surface area contributed by atoms with Gasteiger partial charge in [-0.25, -0.2) is 0 Å². The molecule has 0 aromatic rings. The summed E-state index contributed by atoms with van der Waals surface area (Å²) in [5.74, 6) is -0.121. The monoisotopic (exact) mass is 236 g/mol. The van der Waals surface area contributed by atoms with E-state index in [1.54, 1.807) is 0 Å². The van der Waals surface area contributed by atoms with Crippen LogP contribution in [0.3, 0.4) is 0 Å². The Kier molecular flexibility index (Phi) is 6.89. The molecule has 2 atom stereocenters. The van der Waals surface area contributed by atoms with Crippen molar-refractivity contribution >= 4 is 18.4 Å². The molecule has 1 aliphatic rings. The Morgan fingerprint density at radius 1 is 1.40 bits per heavy atom. The Balaban J connectivity index is 0.00000196. The smallest absolute Gasteiger partial charge is 0.306 e. The lowest BCUT2D eigenvalue weighted by Gasteiger charge is -2.35. The molecule has 0 amide bonds. The molecule has 1 fully saturated rings. The molecule has 1 heterocycles. The zero-order chi connectivity index (χ0) is 10.6. The van der Waals surface area contributed by atoms with Gasteiger partial charge in [0.15, 0.2) is 0 Å². The fraction of sp³-hybridized carbons (Fsp3) is 0.900. The highest BCUT2D eigenvalue weighted by Gasteiger charge is 2.20. The van der Waals surface area contributed by atoms with Crippen LogP contribution in [0.4, 0.5) is 0 Å². The second-order valence-electron chi connectivity index (χ2n) is 4.05. The maximum Gasteiger partial charge on any atom is 0.306 e. The summed E-state index contributed by atoms with van der Waals surface area (Å²) in [6.45, 7) is 7.17. The van der Waals surface area contributed by atoms with E-state index in [9.17, 15) is 4.79 Å². The van der Waals surface area contributed by atoms with E-state index in [1.165, 1.54) is 7.11 Å². The van der Waals surface area contributed by atoms with Gasteiger partial charge in [0.1, 0.15) is 0 Å². The Hall–Kier alpha value is -0.320. The molecule has 1 N–H and O–H groups in total. The Labute approximate surface area is 97.8 Å². The van der Waals surface area contributed by atoms with E-state index < -0.39 is 0 Å². The highest BCUT2D eigenvalue weighted by molar-refractivity contribution is 5.85. The first-order chi connectivity index (χ1) is 6.61. The lowest BCUT2D eigenvalue weighted by atomic mass is 10.1. The van der Waals surface area contributed by atoms with E-state index in [4.69, 9.17) is 0 Å². The van der Waals surface area contributed by atoms with Crippen molar-refractivity contribution in [3.05, 3.63) is 0 Å². The number of hydrogen-bond acceptors (Lipinski definition) is 4. The van der Waals surface area contributed by atoms with Crippen LogP contribution in [-0.4, -0.2) is 49.7 Å². The van der Waals surface area contributed by atoms with Crippen molar-refractivity contribution in [2.75, 3.05) is 26.7 Å². The first-order valence-electron chi connectivity index (χ1n) is 5.17. The number of carbonyl (C=O) groups is 1. The van der Waals surface area contributed by atoms with Crippen LogP contribution in [0.2, 0.25) is 0 Å². The average Bonchev–Trinajstić information content (AvgIpc) is 2.12. The number of esters is 1. The average molecular weight is 237 g/mol. The molecular formula is C10H21ClN2O2. The molecule has 0 aromatic carbocycles. The van der Waals surface area contributed by atoms with Gasteiger partial charge in [0, 0.05) is 31.7 Å². The molecule has 0 saturated carbocycles. The van der Waals surface area contributed by atoms with Crippen LogP contribution in [0, 0.1) is 0 Å². The van der Waals surface area contributed by atoms with Crippen molar-refractivity contribution in [2.45, 2.75) is 32.4 Å². The third-order valence-corrected chi connectivity index (χ3v) is 2.49. The normalized spacial score (nSPS) is 26.9. The van der Waals surface area contributed by atoms with Crippen molar-refractivity contribution in [1.82, 2.24) is 10.2 Å². The number of nitrogens with zero attached hydrogens (tertiary/aromatic N) is 1. The van der Waals surface area contributed by atoms with Gasteiger partial charge in [-0.15, -0.1) is 12.4 Å². The maximum absolute atomic E-state index is 11.0. The summed E-state index contributed by atoms with van der Waals surface area (Å²) in [7, 11) is 1.44. The van der Waals surface area contributed by atoms with Crippen molar-refractivity contribution in [3.63, 3.8) is 0 Å². The lowest BCUT2D eigenvalue weighted by molar-refractivity contribution is -0.141. The molecule has 5 heteroatoms. The summed E-state index contributed by atoms with van der Waals surface area (Å²) < 4.78 is 4.61. The minimum atomic E-state index is -0.121. The first kappa shape index (κ1) is 14.7. The van der Waals surface area contributed by atoms with Gasteiger partial charge in [-0.1, -0.05) is 0 Å². The van der Waals surface area contributed by atoms with Crippen LogP contribution < -0.4 is 5.32 Å². The Bertz CT molecular complexity index is 192. The standard InChI is InChI=1S/C10H20N2O2.ClH/c1-8-6-12(7-9(2)11-8)5-4-10(13)14-3;/h8-9,11H,4-7H2,1-3H3;1H. The third kappa shape index (κ3) is 5.35. The van der Waals surface area contributed by atoms with Gasteiger partial charge in [-0.2, -0.15) is 0 Å². The van der Waals surface area contributed by atoms with Crippen molar-refractivity contribution in [2.24, 2.45) is 0 Å². The quantitative estimate of drug-likeness (QED) is 0.731. The van der Waals surface area contributed by atoms with E-state index >= 15 is 0 Å². The molecule has 4 nitrogen and oxygen atoms in total. The summed E-state index contributed by atoms with van der Waals surface area (Å²) >= 11 is 0. The molecule has 90 valence electrons. The number of rotatable bonds is 3. The number of carbonyl (C=O) groups excluding carboxylic acids is 1. The third-order valence-electron chi connectivity index (χ3n) is 2.49. The molecule has 1 saturated heterocycles. The number of piperazine rings is 1. The van der Waals surface area contributed by atoms with Crippen LogP contribution in [-0.2, 0) is 9.53 Å². The summed E-state index contributed by atoms with van der Waals surface area (Å²) in [5, 5.41) is 3.45. The SMILES string of the molecule is COC(=O)CCN1CC(C)NC(C)C1.Cl. The molecule has 0 spiro atoms. The first-order valence-corrected chi connectivity index (χ1v) is 5.17. The number of hydrogen-bond donors (Lipinski definition) is 1. The minimum absolute atomic E-state index is 0. The maximum atomic E-state index is 11.0. The summed E-state index contributed by atoms with van der Waals surface area (Å²) in [6, 6.07) is 1.02. The summed E-state index contributed by atoms with van der Waals surface area (Å²) in [4.78, 5) is 13.3. The van der Waals surface area contributed by atoms with Gasteiger partial charge in [-0.3, -0.25) is 9.69 Å². The summed E-state index contributed by atoms with van der Waals surface area (Å²) in [6.07, 6.45) is 0.496. The van der Waals surface area contributed by atoms with Crippen molar-refractivity contribution in [3.8, 4) is 0 Å². The highest BCUT2D eigenvalue weighted by atomic mass is 35.5. The zero-order valence-corrected chi connectivity index (χ0v) is 10.5. The minimum Gasteiger partial charge on any atom is -0.469 e. The van der Waals surface area contributed by atoms with Crippen molar-refractivity contribution < 1.29 is 9.53 Å². The topological polar surface area (TPSA) is 41.6 Å². The van der Waals surface area contributed by atoms with Gasteiger partial charge in [0.2, 0.25) is 0 Å². The van der Waals surface area contributed by atoms with Crippen LogP contribution >= 0.6 is 12.4 Å². The number of methoxy groups -OCH3 is 1. The lowest BCUT2D eigenvalue weighted by Crippen LogP contribution is -2.54. The molecule has 15 heavy (non-hydrogen) atoms. The van der Waals surface area contributed by atoms with E-state index in [-0.39, 0.29) is 18.4 Å². The second-order valence-corrected chi connectivity index (χ2v) is 4.05. The van der Waals surface area contributed by atoms with Crippen LogP contribution in [0.1, 0.15) is 20.3 Å². The van der Waals surface area contributed by atoms with Gasteiger partial charge in [-0.05, 0) is 13.8 Å². The largest absolute Gasteiger partial charge is 0.469 e. The zero-order valence-electron chi connectivity index (χ0n) is 9.66. The second kappa shape index (κ2) is 7.04. The molecular weight excluding hydrogens is 216 g/mol. The van der Waals surface area contributed by atoms with Crippen molar-refractivity contribution in [1.29, 1.82) is 0 Å². The van der Waals surface area contributed by atoms with Crippen LogP contribution in [0.5, 0.6) is 0 Å². The molecule has 1 rings (SSSR count). The molecule has 0 aliphatic carbocycles. The highest BCUT2D eigenvalue weighted by Crippen LogP contribution is 2.04. The predicted octanol–water partition coefficient (Wildman–Crippen LogP) is 0.653. The van der Waals surface area contributed by atoms with E-state index in [0.29, 0.717) is 18.5 Å². The van der Waals surface area contributed by atoms with Gasteiger partial charge < -0.3 is 10.1 Å². The molecule has 0 aromatic heterocycles. The predicted molar refractivity (Wildman–Crippen MR) is 62.4 cm³/mol. The molecule has 0 radical (unpaired) electrons. The Morgan fingerprint density at radius 2 is 1.93 bits per heavy atom. The van der Waals surface area contributed by atoms with Crippen LogP contribution in [0.25, 0.3) is 0 Å². The van der Waals surface area contributed by atoms with Gasteiger partial charge in [0.05, 0.1) is 13.5 Å². The Morgan fingerprint density at radius 3 is 2.40 bits per heavy atom.